The summed E-state index contributed by atoms with van der Waals surface area (Å²) >= 11 is 5.86. The van der Waals surface area contributed by atoms with Gasteiger partial charge in [-0.15, -0.1) is 0 Å². The normalized spacial score (nSPS) is 12.8. The Morgan fingerprint density at radius 3 is 2.85 bits per heavy atom. The first kappa shape index (κ1) is 23.2. The van der Waals surface area contributed by atoms with E-state index in [-0.39, 0.29) is 12.2 Å². The van der Waals surface area contributed by atoms with E-state index >= 15 is 0 Å². The molecule has 1 aliphatic rings. The van der Waals surface area contributed by atoms with Crippen LogP contribution in [0.1, 0.15) is 35.2 Å². The van der Waals surface area contributed by atoms with Gasteiger partial charge in [0.05, 0.1) is 10.7 Å². The van der Waals surface area contributed by atoms with E-state index in [0.29, 0.717) is 10.8 Å². The minimum atomic E-state index is -0.108. The van der Waals surface area contributed by atoms with Crippen LogP contribution in [-0.4, -0.2) is 29.8 Å². The minimum Gasteiger partial charge on any atom is -0.487 e. The Morgan fingerprint density at radius 2 is 2.06 bits per heavy atom. The molecule has 0 spiro atoms. The SMILES string of the molecule is COCCCNCc1ccc2c(c1)CCC(n1ccc(OCc3ccc(Cl)cn3)cc1=O)=C2. The van der Waals surface area contributed by atoms with Crippen LogP contribution < -0.4 is 15.6 Å². The molecule has 2 aromatic heterocycles. The fourth-order valence-electron chi connectivity index (χ4n) is 3.84. The third-order valence-corrected chi connectivity index (χ3v) is 5.81. The molecule has 0 amide bonds. The maximum Gasteiger partial charge on any atom is 0.258 e. The topological polar surface area (TPSA) is 65.4 Å². The van der Waals surface area contributed by atoms with Crippen LogP contribution in [0, 0.1) is 0 Å². The van der Waals surface area contributed by atoms with Crippen molar-refractivity contribution in [1.82, 2.24) is 14.9 Å². The molecule has 0 unspecified atom stereocenters. The van der Waals surface area contributed by atoms with Crippen molar-refractivity contribution in [1.29, 1.82) is 0 Å². The molecule has 0 aliphatic heterocycles. The highest BCUT2D eigenvalue weighted by Gasteiger charge is 2.14. The van der Waals surface area contributed by atoms with Crippen LogP contribution in [0.5, 0.6) is 5.75 Å². The summed E-state index contributed by atoms with van der Waals surface area (Å²) in [5.74, 6) is 0.521. The number of pyridine rings is 2. The molecule has 3 aromatic rings. The number of nitrogens with zero attached hydrogens (tertiary/aromatic N) is 2. The van der Waals surface area contributed by atoms with Crippen molar-refractivity contribution in [2.75, 3.05) is 20.3 Å². The fourth-order valence-corrected chi connectivity index (χ4v) is 3.95. The lowest BCUT2D eigenvalue weighted by Gasteiger charge is -2.19. The van der Waals surface area contributed by atoms with Crippen molar-refractivity contribution in [3.05, 3.63) is 92.6 Å². The fraction of sp³-hybridized carbons (Fsp3) is 0.308. The summed E-state index contributed by atoms with van der Waals surface area (Å²) in [6.45, 7) is 2.84. The number of allylic oxidation sites excluding steroid dienone is 1. The second-order valence-electron chi connectivity index (χ2n) is 8.02. The molecular formula is C26H28ClN3O3. The summed E-state index contributed by atoms with van der Waals surface area (Å²) < 4.78 is 12.5. The largest absolute Gasteiger partial charge is 0.487 e. The summed E-state index contributed by atoms with van der Waals surface area (Å²) in [5.41, 5.74) is 5.39. The van der Waals surface area contributed by atoms with Gasteiger partial charge in [0.2, 0.25) is 0 Å². The highest BCUT2D eigenvalue weighted by atomic mass is 35.5. The Hall–Kier alpha value is -2.93. The van der Waals surface area contributed by atoms with Gasteiger partial charge in [-0.1, -0.05) is 29.8 Å². The predicted molar refractivity (Wildman–Crippen MR) is 131 cm³/mol. The Balaban J connectivity index is 1.40. The average molecular weight is 466 g/mol. The highest BCUT2D eigenvalue weighted by Crippen LogP contribution is 2.27. The van der Waals surface area contributed by atoms with Crippen LogP contribution in [0.3, 0.4) is 0 Å². The zero-order valence-electron chi connectivity index (χ0n) is 18.7. The maximum atomic E-state index is 12.7. The van der Waals surface area contributed by atoms with Crippen LogP contribution >= 0.6 is 11.6 Å². The number of rotatable bonds is 10. The van der Waals surface area contributed by atoms with E-state index in [2.05, 4.69) is 34.6 Å². The number of halogens is 1. The summed E-state index contributed by atoms with van der Waals surface area (Å²) in [7, 11) is 1.72. The summed E-state index contributed by atoms with van der Waals surface area (Å²) in [6, 6.07) is 13.4. The smallest absolute Gasteiger partial charge is 0.258 e. The molecule has 2 heterocycles. The van der Waals surface area contributed by atoms with E-state index in [1.807, 2.05) is 6.07 Å². The molecular weight excluding hydrogens is 438 g/mol. The van der Waals surface area contributed by atoms with Crippen LogP contribution in [0.25, 0.3) is 11.8 Å². The van der Waals surface area contributed by atoms with Gasteiger partial charge >= 0.3 is 0 Å². The van der Waals surface area contributed by atoms with E-state index in [4.69, 9.17) is 21.1 Å². The third kappa shape index (κ3) is 6.32. The number of methoxy groups -OCH3 is 1. The molecule has 0 bridgehead atoms. The van der Waals surface area contributed by atoms with Gasteiger partial charge in [0, 0.05) is 44.4 Å². The molecule has 6 nitrogen and oxygen atoms in total. The van der Waals surface area contributed by atoms with Crippen molar-refractivity contribution < 1.29 is 9.47 Å². The monoisotopic (exact) mass is 465 g/mol. The van der Waals surface area contributed by atoms with E-state index < -0.39 is 0 Å². The van der Waals surface area contributed by atoms with Gasteiger partial charge in [0.1, 0.15) is 12.4 Å². The molecule has 4 rings (SSSR count). The van der Waals surface area contributed by atoms with Crippen LogP contribution in [0.4, 0.5) is 0 Å². The molecule has 1 N–H and O–H groups in total. The minimum absolute atomic E-state index is 0.108. The number of aromatic nitrogens is 2. The molecule has 0 radical (unpaired) electrons. The summed E-state index contributed by atoms with van der Waals surface area (Å²) in [5, 5.41) is 4.03. The van der Waals surface area contributed by atoms with E-state index in [9.17, 15) is 4.79 Å². The molecule has 1 aliphatic carbocycles. The molecule has 172 valence electrons. The first-order valence-electron chi connectivity index (χ1n) is 11.1. The Morgan fingerprint density at radius 1 is 1.15 bits per heavy atom. The second kappa shape index (κ2) is 11.3. The highest BCUT2D eigenvalue weighted by molar-refractivity contribution is 6.30. The van der Waals surface area contributed by atoms with Gasteiger partial charge in [0.15, 0.2) is 0 Å². The van der Waals surface area contributed by atoms with Gasteiger partial charge in [0.25, 0.3) is 5.56 Å². The maximum absolute atomic E-state index is 12.7. The lowest BCUT2D eigenvalue weighted by Crippen LogP contribution is -2.20. The zero-order chi connectivity index (χ0) is 23.0. The van der Waals surface area contributed by atoms with Crippen molar-refractivity contribution in [2.24, 2.45) is 0 Å². The Labute approximate surface area is 198 Å². The van der Waals surface area contributed by atoms with Gasteiger partial charge in [-0.05, 0) is 66.8 Å². The molecule has 7 heteroatoms. The summed E-state index contributed by atoms with van der Waals surface area (Å²) in [6.07, 6.45) is 8.19. The van der Waals surface area contributed by atoms with Gasteiger partial charge in [-0.2, -0.15) is 0 Å². The molecule has 0 saturated heterocycles. The average Bonchev–Trinajstić information content (AvgIpc) is 2.83. The van der Waals surface area contributed by atoms with Gasteiger partial charge in [-0.25, -0.2) is 0 Å². The number of nitrogens with one attached hydrogen (secondary N) is 1. The quantitative estimate of drug-likeness (QED) is 0.445. The van der Waals surface area contributed by atoms with Crippen molar-refractivity contribution >= 4 is 23.4 Å². The number of hydrogen-bond donors (Lipinski definition) is 1. The summed E-state index contributed by atoms with van der Waals surface area (Å²) in [4.78, 5) is 17.0. The molecule has 0 atom stereocenters. The van der Waals surface area contributed by atoms with Gasteiger partial charge < -0.3 is 14.8 Å². The van der Waals surface area contributed by atoms with E-state index in [1.54, 1.807) is 36.2 Å². The predicted octanol–water partition coefficient (Wildman–Crippen LogP) is 4.55. The van der Waals surface area contributed by atoms with Crippen molar-refractivity contribution in [3.8, 4) is 5.75 Å². The first-order valence-corrected chi connectivity index (χ1v) is 11.5. The van der Waals surface area contributed by atoms with E-state index in [0.717, 1.165) is 50.3 Å². The van der Waals surface area contributed by atoms with Crippen LogP contribution in [0.15, 0.2) is 59.7 Å². The number of benzene rings is 1. The third-order valence-electron chi connectivity index (χ3n) is 5.59. The lowest BCUT2D eigenvalue weighted by atomic mass is 9.93. The standard InChI is InChI=1S/C26H28ClN3O3/c1-32-12-2-10-28-16-19-3-4-21-14-24(8-5-20(21)13-19)30-11-9-25(15-26(30)31)33-18-23-7-6-22(27)17-29-23/h3-4,6-7,9,11,13-15,17,28H,2,5,8,10,12,16,18H2,1H3. The van der Waals surface area contributed by atoms with Gasteiger partial charge in [-0.3, -0.25) is 14.3 Å². The zero-order valence-corrected chi connectivity index (χ0v) is 19.5. The molecule has 0 fully saturated rings. The lowest BCUT2D eigenvalue weighted by molar-refractivity contribution is 0.194. The Kier molecular flexibility index (Phi) is 7.94. The van der Waals surface area contributed by atoms with Crippen molar-refractivity contribution in [2.45, 2.75) is 32.4 Å². The number of aryl methyl sites for hydroxylation is 1. The molecule has 0 saturated carbocycles. The second-order valence-corrected chi connectivity index (χ2v) is 8.46. The van der Waals surface area contributed by atoms with E-state index in [1.165, 1.54) is 22.8 Å². The van der Waals surface area contributed by atoms with Crippen molar-refractivity contribution in [3.63, 3.8) is 0 Å². The number of fused-ring (bicyclic) bond motifs is 1. The van der Waals surface area contributed by atoms with Crippen LogP contribution in [-0.2, 0) is 24.3 Å². The molecule has 1 aromatic carbocycles. The van der Waals surface area contributed by atoms with Crippen LogP contribution in [0.2, 0.25) is 5.02 Å². The number of hydrogen-bond acceptors (Lipinski definition) is 5. The molecule has 33 heavy (non-hydrogen) atoms. The Bertz CT molecular complexity index is 1170. The first-order chi connectivity index (χ1) is 16.1. The number of ether oxygens (including phenoxy) is 2.